The highest BCUT2D eigenvalue weighted by Gasteiger charge is 2.19. The Morgan fingerprint density at radius 3 is 2.75 bits per heavy atom. The van der Waals surface area contributed by atoms with Crippen molar-refractivity contribution in [2.24, 2.45) is 0 Å². The lowest BCUT2D eigenvalue weighted by atomic mass is 10.1. The van der Waals surface area contributed by atoms with E-state index in [0.717, 1.165) is 30.6 Å². The number of pyridine rings is 1. The van der Waals surface area contributed by atoms with Crippen molar-refractivity contribution in [1.82, 2.24) is 15.2 Å². The van der Waals surface area contributed by atoms with Crippen LogP contribution in [0, 0.1) is 0 Å². The summed E-state index contributed by atoms with van der Waals surface area (Å²) in [5.41, 5.74) is 1.07. The van der Waals surface area contributed by atoms with E-state index in [-0.39, 0.29) is 11.7 Å². The predicted molar refractivity (Wildman–Crippen MR) is 125 cm³/mol. The third kappa shape index (κ3) is 5.05. The number of nitrogens with zero attached hydrogens (tertiary/aromatic N) is 1. The molecule has 0 radical (unpaired) electrons. The number of nitrogens with one attached hydrogen (secondary N) is 2. The molecule has 0 spiro atoms. The van der Waals surface area contributed by atoms with Crippen LogP contribution in [0.4, 0.5) is 0 Å². The zero-order valence-corrected chi connectivity index (χ0v) is 19.0. The molecule has 1 aliphatic heterocycles. The van der Waals surface area contributed by atoms with Crippen molar-refractivity contribution in [1.29, 1.82) is 0 Å². The fourth-order valence-corrected chi connectivity index (χ4v) is 4.02. The Hall–Kier alpha value is -3.04. The van der Waals surface area contributed by atoms with Gasteiger partial charge in [-0.15, -0.1) is 0 Å². The van der Waals surface area contributed by atoms with Gasteiger partial charge in [0.25, 0.3) is 5.56 Å². The van der Waals surface area contributed by atoms with Crippen molar-refractivity contribution in [2.45, 2.75) is 32.0 Å². The number of aromatic nitrogens is 1. The molecule has 2 N–H and O–H groups in total. The van der Waals surface area contributed by atoms with Gasteiger partial charge in [-0.2, -0.15) is 0 Å². The topological polar surface area (TPSA) is 89.0 Å². The summed E-state index contributed by atoms with van der Waals surface area (Å²) < 4.78 is 21.9. The number of benzene rings is 1. The molecule has 170 valence electrons. The van der Waals surface area contributed by atoms with Gasteiger partial charge in [-0.05, 0) is 49.3 Å². The molecule has 1 atom stereocenters. The Morgan fingerprint density at radius 2 is 2.06 bits per heavy atom. The standard InChI is InChI=1S/C23H27N3O5S/c1-28-20-10-15-9-16(22(27)25-19(15)11-21(20)29-2)13-26(14-18-6-4-8-31-18)23(32)24-12-17-5-3-7-30-17/h4,6,8-11,17H,3,5,7,12-14H2,1-2H3,(H,24,32)(H,25,27)/t17-/m0/s1. The lowest BCUT2D eigenvalue weighted by Gasteiger charge is -2.26. The minimum absolute atomic E-state index is 0.157. The van der Waals surface area contributed by atoms with E-state index in [1.807, 2.05) is 29.2 Å². The van der Waals surface area contributed by atoms with Gasteiger partial charge < -0.3 is 33.8 Å². The molecule has 1 saturated heterocycles. The fourth-order valence-electron chi connectivity index (χ4n) is 3.81. The predicted octanol–water partition coefficient (Wildman–Crippen LogP) is 3.19. The monoisotopic (exact) mass is 457 g/mol. The Balaban J connectivity index is 1.58. The molecule has 2 aromatic heterocycles. The van der Waals surface area contributed by atoms with Gasteiger partial charge in [0, 0.05) is 30.2 Å². The molecule has 32 heavy (non-hydrogen) atoms. The first-order chi connectivity index (χ1) is 15.6. The molecule has 9 heteroatoms. The molecule has 0 unspecified atom stereocenters. The highest BCUT2D eigenvalue weighted by Crippen LogP contribution is 2.31. The maximum atomic E-state index is 12.9. The number of hydrogen-bond donors (Lipinski definition) is 2. The van der Waals surface area contributed by atoms with Gasteiger partial charge in [0.15, 0.2) is 16.6 Å². The van der Waals surface area contributed by atoms with Crippen molar-refractivity contribution >= 4 is 28.2 Å². The van der Waals surface area contributed by atoms with Crippen LogP contribution in [-0.4, -0.2) is 48.5 Å². The van der Waals surface area contributed by atoms with Crippen molar-refractivity contribution in [2.75, 3.05) is 27.4 Å². The van der Waals surface area contributed by atoms with Crippen molar-refractivity contribution in [3.05, 3.63) is 58.3 Å². The number of ether oxygens (including phenoxy) is 3. The summed E-state index contributed by atoms with van der Waals surface area (Å²) >= 11 is 5.66. The maximum Gasteiger partial charge on any atom is 0.253 e. The maximum absolute atomic E-state index is 12.9. The average Bonchev–Trinajstić information content (AvgIpc) is 3.51. The summed E-state index contributed by atoms with van der Waals surface area (Å²) in [6, 6.07) is 9.18. The molecule has 0 bridgehead atoms. The lowest BCUT2D eigenvalue weighted by molar-refractivity contribution is 0.113. The van der Waals surface area contributed by atoms with E-state index in [1.165, 1.54) is 0 Å². The van der Waals surface area contributed by atoms with Crippen LogP contribution in [-0.2, 0) is 17.8 Å². The number of H-pyrrole nitrogens is 1. The molecular formula is C23H27N3O5S. The molecule has 3 heterocycles. The first-order valence-electron chi connectivity index (χ1n) is 10.5. The zero-order valence-electron chi connectivity index (χ0n) is 18.2. The van der Waals surface area contributed by atoms with Gasteiger partial charge in [-0.25, -0.2) is 0 Å². The van der Waals surface area contributed by atoms with Gasteiger partial charge in [-0.1, -0.05) is 0 Å². The van der Waals surface area contributed by atoms with E-state index < -0.39 is 0 Å². The summed E-state index contributed by atoms with van der Waals surface area (Å²) in [5.74, 6) is 1.91. The molecule has 0 aliphatic carbocycles. The van der Waals surface area contributed by atoms with Crippen LogP contribution < -0.4 is 20.3 Å². The number of rotatable bonds is 8. The second-order valence-electron chi connectivity index (χ2n) is 7.67. The smallest absolute Gasteiger partial charge is 0.253 e. The van der Waals surface area contributed by atoms with Gasteiger partial charge in [-0.3, -0.25) is 4.79 Å². The Labute approximate surface area is 191 Å². The SMILES string of the molecule is COc1cc2cc(CN(Cc3ccco3)C(=S)NC[C@@H]3CCCO3)c(=O)[nH]c2cc1OC. The number of methoxy groups -OCH3 is 2. The fraction of sp³-hybridized carbons (Fsp3) is 0.391. The van der Waals surface area contributed by atoms with Crippen molar-refractivity contribution < 1.29 is 18.6 Å². The Bertz CT molecular complexity index is 1120. The third-order valence-electron chi connectivity index (χ3n) is 5.51. The summed E-state index contributed by atoms with van der Waals surface area (Å²) in [6.45, 7) is 2.18. The first-order valence-corrected chi connectivity index (χ1v) is 10.9. The summed E-state index contributed by atoms with van der Waals surface area (Å²) in [5, 5.41) is 4.68. The molecule has 1 fully saturated rings. The van der Waals surface area contributed by atoms with Crippen LogP contribution in [0.25, 0.3) is 10.9 Å². The highest BCUT2D eigenvalue weighted by atomic mass is 32.1. The number of fused-ring (bicyclic) bond motifs is 1. The molecule has 1 aromatic carbocycles. The van der Waals surface area contributed by atoms with E-state index >= 15 is 0 Å². The second kappa shape index (κ2) is 10.1. The van der Waals surface area contributed by atoms with Crippen LogP contribution in [0.2, 0.25) is 0 Å². The van der Waals surface area contributed by atoms with Gasteiger partial charge >= 0.3 is 0 Å². The number of hydrogen-bond acceptors (Lipinski definition) is 6. The van der Waals surface area contributed by atoms with Crippen molar-refractivity contribution in [3.63, 3.8) is 0 Å². The minimum atomic E-state index is -0.184. The van der Waals surface area contributed by atoms with E-state index in [4.69, 9.17) is 30.8 Å². The number of furan rings is 1. The number of thiocarbonyl (C=S) groups is 1. The molecular weight excluding hydrogens is 430 g/mol. The van der Waals surface area contributed by atoms with Crippen LogP contribution in [0.1, 0.15) is 24.2 Å². The van der Waals surface area contributed by atoms with E-state index in [0.29, 0.717) is 47.3 Å². The molecule has 1 aliphatic rings. The average molecular weight is 458 g/mol. The van der Waals surface area contributed by atoms with Crippen molar-refractivity contribution in [3.8, 4) is 11.5 Å². The van der Waals surface area contributed by atoms with Crippen LogP contribution in [0.15, 0.2) is 45.8 Å². The molecule has 3 aromatic rings. The van der Waals surface area contributed by atoms with Crippen LogP contribution >= 0.6 is 12.2 Å². The van der Waals surface area contributed by atoms with Crippen LogP contribution in [0.3, 0.4) is 0 Å². The second-order valence-corrected chi connectivity index (χ2v) is 8.06. The minimum Gasteiger partial charge on any atom is -0.493 e. The Morgan fingerprint density at radius 1 is 1.25 bits per heavy atom. The summed E-state index contributed by atoms with van der Waals surface area (Å²) in [7, 11) is 3.15. The summed E-state index contributed by atoms with van der Waals surface area (Å²) in [4.78, 5) is 17.7. The highest BCUT2D eigenvalue weighted by molar-refractivity contribution is 7.80. The van der Waals surface area contributed by atoms with E-state index in [1.54, 1.807) is 26.5 Å². The molecule has 0 amide bonds. The Kier molecular flexibility index (Phi) is 6.96. The largest absolute Gasteiger partial charge is 0.493 e. The quantitative estimate of drug-likeness (QED) is 0.499. The van der Waals surface area contributed by atoms with Crippen LogP contribution in [0.5, 0.6) is 11.5 Å². The van der Waals surface area contributed by atoms with Gasteiger partial charge in [0.05, 0.1) is 45.2 Å². The van der Waals surface area contributed by atoms with E-state index in [2.05, 4.69) is 10.3 Å². The lowest BCUT2D eigenvalue weighted by Crippen LogP contribution is -2.42. The normalized spacial score (nSPS) is 15.6. The molecule has 8 nitrogen and oxygen atoms in total. The summed E-state index contributed by atoms with van der Waals surface area (Å²) in [6.07, 6.45) is 3.86. The van der Waals surface area contributed by atoms with E-state index in [9.17, 15) is 4.79 Å². The number of aromatic amines is 1. The first kappa shape index (κ1) is 22.2. The molecule has 4 rings (SSSR count). The van der Waals surface area contributed by atoms with Gasteiger partial charge in [0.1, 0.15) is 5.76 Å². The third-order valence-corrected chi connectivity index (χ3v) is 5.91. The molecule has 0 saturated carbocycles. The zero-order chi connectivity index (χ0) is 22.5. The van der Waals surface area contributed by atoms with Gasteiger partial charge in [0.2, 0.25) is 0 Å².